The molecule has 5 aromatic heterocycles. The van der Waals surface area contributed by atoms with Crippen molar-refractivity contribution in [2.75, 3.05) is 0 Å². The molecule has 6 nitrogen and oxygen atoms in total. The second kappa shape index (κ2) is 17.0. The average Bonchev–Trinajstić information content (AvgIpc) is 4.03. The average molecular weight is 1090 g/mol. The number of aryl methyl sites for hydroxylation is 1. The minimum atomic E-state index is -2.30. The van der Waals surface area contributed by atoms with E-state index in [1.54, 1.807) is 0 Å². The van der Waals surface area contributed by atoms with Crippen LogP contribution in [0, 0.1) is 24.9 Å². The van der Waals surface area contributed by atoms with E-state index >= 15 is 4.39 Å². The number of pyridine rings is 2. The van der Waals surface area contributed by atoms with Gasteiger partial charge in [-0.1, -0.05) is 60.2 Å². The van der Waals surface area contributed by atoms with Crippen molar-refractivity contribution in [2.45, 2.75) is 30.6 Å². The summed E-state index contributed by atoms with van der Waals surface area (Å²) in [5.41, 5.74) is 9.21. The van der Waals surface area contributed by atoms with Crippen molar-refractivity contribution in [1.29, 1.82) is 0 Å². The van der Waals surface area contributed by atoms with Crippen molar-refractivity contribution in [3.05, 3.63) is 199 Å². The zero-order valence-electron chi connectivity index (χ0n) is 37.9. The van der Waals surface area contributed by atoms with Gasteiger partial charge in [0.1, 0.15) is 5.58 Å². The van der Waals surface area contributed by atoms with Gasteiger partial charge in [-0.15, -0.1) is 12.1 Å². The summed E-state index contributed by atoms with van der Waals surface area (Å²) in [6.45, 7) is 1.88. The molecule has 12 aromatic rings. The Labute approximate surface area is 394 Å². The van der Waals surface area contributed by atoms with Crippen molar-refractivity contribution in [3.8, 4) is 28.3 Å². The minimum Gasteiger partial charge on any atom is 0 e. The van der Waals surface area contributed by atoms with E-state index in [2.05, 4.69) is 80.3 Å². The molecule has 0 atom stereocenters. The van der Waals surface area contributed by atoms with Crippen LogP contribution in [0.4, 0.5) is 4.39 Å². The molecule has 0 aliphatic carbocycles. The van der Waals surface area contributed by atoms with E-state index in [1.165, 1.54) is 6.07 Å². The first-order valence-electron chi connectivity index (χ1n) is 22.2. The molecule has 0 fully saturated rings. The van der Waals surface area contributed by atoms with Gasteiger partial charge >= 0.3 is 144 Å². The van der Waals surface area contributed by atoms with E-state index in [0.29, 0.717) is 39.0 Å². The van der Waals surface area contributed by atoms with Gasteiger partial charge in [0.05, 0.1) is 28.1 Å². The summed E-state index contributed by atoms with van der Waals surface area (Å²) in [4.78, 5) is 14.3. The third kappa shape index (κ3) is 7.75. The van der Waals surface area contributed by atoms with Crippen LogP contribution in [-0.4, -0.2) is 32.8 Å². The second-order valence-corrected chi connectivity index (χ2v) is 27.5. The SMILES string of the molecule is Cc1ccc2c(n1)oc1c(-c3nc4cc5ccccc5cc4n3-c3cccc4c3oc3ccccc34)[c-]cc(F)c12.[2H]C([2H])(c1ccccc1)c1cc(-c2[c-]cccc2)nc[c]1[Ge]([CH3])([CH3])[CH3].[Ir]. The molecule has 7 aromatic carbocycles. The van der Waals surface area contributed by atoms with Crippen LogP contribution in [0.15, 0.2) is 173 Å². The topological polar surface area (TPSA) is 69.9 Å². The molecule has 0 saturated heterocycles. The van der Waals surface area contributed by atoms with Gasteiger partial charge in [-0.3, -0.25) is 9.37 Å². The molecule has 0 amide bonds. The monoisotopic (exact) mass is 1090 g/mol. The van der Waals surface area contributed by atoms with Crippen molar-refractivity contribution in [1.82, 2.24) is 19.5 Å². The number of halogens is 1. The van der Waals surface area contributed by atoms with Crippen molar-refractivity contribution >= 4 is 83.5 Å². The molecule has 0 aliphatic heterocycles. The van der Waals surface area contributed by atoms with Gasteiger partial charge < -0.3 is 13.4 Å². The van der Waals surface area contributed by atoms with E-state index < -0.39 is 25.5 Å². The molecule has 5 heterocycles. The van der Waals surface area contributed by atoms with Gasteiger partial charge in [0.25, 0.3) is 0 Å². The summed E-state index contributed by atoms with van der Waals surface area (Å²) in [6, 6.07) is 56.9. The predicted octanol–water partition coefficient (Wildman–Crippen LogP) is 14.0. The van der Waals surface area contributed by atoms with Gasteiger partial charge in [-0.2, -0.15) is 0 Å². The normalized spacial score (nSPS) is 12.4. The molecule has 0 bridgehead atoms. The Morgan fingerprint density at radius 1 is 0.723 bits per heavy atom. The smallest absolute Gasteiger partial charge is 0 e. The molecule has 0 spiro atoms. The van der Waals surface area contributed by atoms with Crippen LogP contribution < -0.4 is 4.40 Å². The zero-order valence-corrected chi connectivity index (χ0v) is 40.4. The van der Waals surface area contributed by atoms with Crippen LogP contribution in [0.2, 0.25) is 17.3 Å². The van der Waals surface area contributed by atoms with E-state index in [1.807, 2.05) is 128 Å². The Hall–Kier alpha value is -6.71. The van der Waals surface area contributed by atoms with Crippen molar-refractivity contribution in [3.63, 3.8) is 0 Å². The maximum Gasteiger partial charge on any atom is 0 e. The van der Waals surface area contributed by atoms with Crippen LogP contribution in [0.3, 0.4) is 0 Å². The number of hydrogen-bond acceptors (Lipinski definition) is 5. The van der Waals surface area contributed by atoms with E-state index in [9.17, 15) is 0 Å². The van der Waals surface area contributed by atoms with E-state index in [-0.39, 0.29) is 20.1 Å². The van der Waals surface area contributed by atoms with Crippen LogP contribution in [-0.2, 0) is 26.5 Å². The largest absolute Gasteiger partial charge is 0 e. The maximum atomic E-state index is 15.3. The molecule has 9 heteroatoms. The summed E-state index contributed by atoms with van der Waals surface area (Å²) in [7, 11) is 0. The molecule has 12 rings (SSSR count). The summed E-state index contributed by atoms with van der Waals surface area (Å²) in [5.74, 6) is 6.98. The first kappa shape index (κ1) is 39.9. The number of benzene rings is 7. The fraction of sp³-hybridized carbons (Fsp3) is 0.0893. The Morgan fingerprint density at radius 3 is 2.28 bits per heavy atom. The molecule has 319 valence electrons. The van der Waals surface area contributed by atoms with Gasteiger partial charge in [-0.05, 0) is 59.5 Å². The zero-order chi connectivity index (χ0) is 45.3. The van der Waals surface area contributed by atoms with Crippen LogP contribution in [0.5, 0.6) is 0 Å². The summed E-state index contributed by atoms with van der Waals surface area (Å²) >= 11 is -2.30. The molecular weight excluding hydrogens is 1040 g/mol. The number of nitrogens with zero attached hydrogens (tertiary/aromatic N) is 4. The Bertz CT molecular complexity index is 3830. The Kier molecular flexibility index (Phi) is 10.4. The van der Waals surface area contributed by atoms with Crippen LogP contribution in [0.25, 0.3) is 94.1 Å². The summed E-state index contributed by atoms with van der Waals surface area (Å²) < 4.78 is 48.9. The second-order valence-electron chi connectivity index (χ2n) is 17.0. The Morgan fingerprint density at radius 2 is 1.48 bits per heavy atom. The van der Waals surface area contributed by atoms with Gasteiger partial charge in [-0.25, -0.2) is 4.98 Å². The third-order valence-electron chi connectivity index (χ3n) is 11.6. The molecule has 1 radical (unpaired) electrons. The standard InChI is InChI=1S/C35H19FN3O2.C21H22GeN.Ir/c1-19-13-14-24-31-26(36)16-15-25(33(31)41-35(24)37-19)34-38-27-17-20-7-2-3-8-21(20)18-29(27)39(34)28-11-6-10-23-22-9-4-5-12-30(22)40-32(23)28;1-22(2,3)20-16-23-21(18-12-8-5-9-13-18)15-19(20)14-17-10-6-4-7-11-17;/h2-14,16-18H,1H3;4-12,15-16H,14H2,1-3H3;/q2*-1;/i;14D2;. The summed E-state index contributed by atoms with van der Waals surface area (Å²) in [5, 5.41) is 5.19. The van der Waals surface area contributed by atoms with Crippen molar-refractivity contribution in [2.24, 2.45) is 0 Å². The van der Waals surface area contributed by atoms with Gasteiger partial charge in [0.2, 0.25) is 5.71 Å². The van der Waals surface area contributed by atoms with E-state index in [0.717, 1.165) is 76.3 Å². The van der Waals surface area contributed by atoms with Crippen LogP contribution in [0.1, 0.15) is 19.6 Å². The maximum absolute atomic E-state index is 15.3. The fourth-order valence-corrected chi connectivity index (χ4v) is 11.5. The number of rotatable bonds is 6. The fourth-order valence-electron chi connectivity index (χ4n) is 8.54. The number of imidazole rings is 1. The quantitative estimate of drug-likeness (QED) is 0.123. The summed E-state index contributed by atoms with van der Waals surface area (Å²) in [6.07, 6.45) is 0.341. The number of fused-ring (bicyclic) bond motifs is 8. The molecule has 65 heavy (non-hydrogen) atoms. The number of aromatic nitrogens is 4. The number of furan rings is 2. The Balaban J connectivity index is 0.000000175. The third-order valence-corrected chi connectivity index (χ3v) is 15.9. The molecular formula is C56H41FGeIrN4O2-2. The minimum absolute atomic E-state index is 0. The van der Waals surface area contributed by atoms with Crippen molar-refractivity contribution < 1.29 is 36.1 Å². The number of hydrogen-bond donors (Lipinski definition) is 0. The number of para-hydroxylation sites is 2. The van der Waals surface area contributed by atoms with Crippen LogP contribution >= 0.6 is 0 Å². The van der Waals surface area contributed by atoms with Gasteiger partial charge in [0, 0.05) is 47.8 Å². The molecule has 0 unspecified atom stereocenters. The van der Waals surface area contributed by atoms with Gasteiger partial charge in [0.15, 0.2) is 5.58 Å². The molecule has 0 saturated carbocycles. The molecule has 0 aliphatic rings. The van der Waals surface area contributed by atoms with E-state index in [4.69, 9.17) is 16.6 Å². The first-order chi connectivity index (χ1) is 31.9. The predicted molar refractivity (Wildman–Crippen MR) is 261 cm³/mol. The first-order valence-corrected chi connectivity index (χ1v) is 28.5. The molecule has 0 N–H and O–H groups in total.